The molecule has 192 valence electrons. The van der Waals surface area contributed by atoms with Gasteiger partial charge in [-0.3, -0.25) is 14.4 Å². The van der Waals surface area contributed by atoms with Crippen molar-refractivity contribution in [3.05, 3.63) is 29.3 Å². The Balaban J connectivity index is 1.69. The molecule has 3 saturated heterocycles. The normalized spacial score (nSPS) is 31.1. The maximum atomic E-state index is 14.0. The molecule has 3 aliphatic heterocycles. The quantitative estimate of drug-likeness (QED) is 0.427. The van der Waals surface area contributed by atoms with Crippen molar-refractivity contribution in [1.82, 2.24) is 10.2 Å². The van der Waals surface area contributed by atoms with Gasteiger partial charge in [-0.2, -0.15) is 0 Å². The van der Waals surface area contributed by atoms with Crippen LogP contribution in [0.25, 0.3) is 0 Å². The van der Waals surface area contributed by atoms with E-state index in [0.29, 0.717) is 19.5 Å². The summed E-state index contributed by atoms with van der Waals surface area (Å²) in [6.07, 6.45) is 4.58. The smallest absolute Gasteiger partial charge is 0.248 e. The average molecular weight is 502 g/mol. The zero-order chi connectivity index (χ0) is 25.4. The maximum absolute atomic E-state index is 14.0. The highest BCUT2D eigenvalue weighted by Crippen LogP contribution is 2.71. The summed E-state index contributed by atoms with van der Waals surface area (Å²) in [4.78, 5) is 43.0. The standard InChI is InChI=1S/C27H39N3O4S/c1-5-14-28-23(32)19-20-25(34)30(15-7-6-8-16-31)22(27(20)13-12-26(19,4)35-27)24(33)29-21-17(2)10-9-11-18(21)3/h9-11,19-20,22,31H,5-8,12-16H2,1-4H3,(H,28,32)(H,29,33)/t19-,20-,22?,26+,27?/m0/s1. The van der Waals surface area contributed by atoms with E-state index in [1.54, 1.807) is 16.7 Å². The third-order valence-electron chi connectivity index (χ3n) is 8.14. The van der Waals surface area contributed by atoms with Gasteiger partial charge in [0.2, 0.25) is 17.7 Å². The van der Waals surface area contributed by atoms with Crippen LogP contribution in [0.4, 0.5) is 5.69 Å². The van der Waals surface area contributed by atoms with Gasteiger partial charge < -0.3 is 20.6 Å². The van der Waals surface area contributed by atoms with Crippen LogP contribution in [0.15, 0.2) is 18.2 Å². The minimum Gasteiger partial charge on any atom is -0.396 e. The second-order valence-electron chi connectivity index (χ2n) is 10.6. The number of fused-ring (bicyclic) bond motifs is 1. The molecule has 2 bridgehead atoms. The fraction of sp³-hybridized carbons (Fsp3) is 0.667. The number of para-hydroxylation sites is 1. The van der Waals surface area contributed by atoms with E-state index >= 15 is 0 Å². The van der Waals surface area contributed by atoms with E-state index < -0.39 is 22.6 Å². The van der Waals surface area contributed by atoms with Crippen molar-refractivity contribution in [3.8, 4) is 0 Å². The van der Waals surface area contributed by atoms with Crippen LogP contribution in [0.1, 0.15) is 63.5 Å². The van der Waals surface area contributed by atoms with Crippen molar-refractivity contribution < 1.29 is 19.5 Å². The summed E-state index contributed by atoms with van der Waals surface area (Å²) in [6, 6.07) is 5.29. The van der Waals surface area contributed by atoms with E-state index in [4.69, 9.17) is 0 Å². The fourth-order valence-electron chi connectivity index (χ4n) is 6.50. The van der Waals surface area contributed by atoms with Crippen LogP contribution in [0, 0.1) is 25.7 Å². The lowest BCUT2D eigenvalue weighted by atomic mass is 9.66. The lowest BCUT2D eigenvalue weighted by Gasteiger charge is -2.35. The molecule has 0 saturated carbocycles. The second-order valence-corrected chi connectivity index (χ2v) is 12.5. The number of carbonyl (C=O) groups is 3. The van der Waals surface area contributed by atoms with Crippen molar-refractivity contribution in [1.29, 1.82) is 0 Å². The molecule has 3 fully saturated rings. The lowest BCUT2D eigenvalue weighted by Crippen LogP contribution is -2.52. The Labute approximate surface area is 212 Å². The molecule has 1 aromatic carbocycles. The number of thioether (sulfide) groups is 1. The summed E-state index contributed by atoms with van der Waals surface area (Å²) in [5.41, 5.74) is 2.77. The molecule has 3 amide bonds. The molecule has 5 atom stereocenters. The Morgan fingerprint density at radius 3 is 2.51 bits per heavy atom. The third-order valence-corrected chi connectivity index (χ3v) is 10.1. The minimum atomic E-state index is -0.621. The number of rotatable bonds is 10. The van der Waals surface area contributed by atoms with Crippen molar-refractivity contribution in [2.45, 2.75) is 81.8 Å². The molecule has 0 aliphatic carbocycles. The van der Waals surface area contributed by atoms with E-state index in [-0.39, 0.29) is 29.1 Å². The van der Waals surface area contributed by atoms with E-state index in [9.17, 15) is 19.5 Å². The molecule has 1 spiro atoms. The van der Waals surface area contributed by atoms with Gasteiger partial charge in [0, 0.05) is 30.1 Å². The van der Waals surface area contributed by atoms with Crippen LogP contribution in [0.5, 0.6) is 0 Å². The number of carbonyl (C=O) groups excluding carboxylic acids is 3. The van der Waals surface area contributed by atoms with E-state index in [1.807, 2.05) is 39.0 Å². The van der Waals surface area contributed by atoms with Crippen LogP contribution in [0.3, 0.4) is 0 Å². The summed E-state index contributed by atoms with van der Waals surface area (Å²) in [5, 5.41) is 15.4. The number of likely N-dealkylation sites (tertiary alicyclic amines) is 1. The number of benzene rings is 1. The third kappa shape index (κ3) is 4.37. The highest BCUT2D eigenvalue weighted by atomic mass is 32.2. The molecule has 3 aliphatic rings. The molecule has 35 heavy (non-hydrogen) atoms. The molecule has 1 aromatic rings. The molecule has 4 rings (SSSR count). The molecule has 7 nitrogen and oxygen atoms in total. The summed E-state index contributed by atoms with van der Waals surface area (Å²) in [7, 11) is 0. The van der Waals surface area contributed by atoms with Crippen LogP contribution >= 0.6 is 11.8 Å². The molecule has 3 N–H and O–H groups in total. The Kier molecular flexibility index (Phi) is 7.53. The van der Waals surface area contributed by atoms with Gasteiger partial charge in [-0.15, -0.1) is 11.8 Å². The van der Waals surface area contributed by atoms with E-state index in [0.717, 1.165) is 48.9 Å². The number of hydrogen-bond donors (Lipinski definition) is 3. The van der Waals surface area contributed by atoms with Gasteiger partial charge in [0.15, 0.2) is 0 Å². The first-order chi connectivity index (χ1) is 16.7. The summed E-state index contributed by atoms with van der Waals surface area (Å²) >= 11 is 1.70. The highest BCUT2D eigenvalue weighted by Gasteiger charge is 2.76. The monoisotopic (exact) mass is 501 g/mol. The summed E-state index contributed by atoms with van der Waals surface area (Å²) in [5.74, 6) is -1.21. The van der Waals surface area contributed by atoms with Crippen LogP contribution in [-0.2, 0) is 14.4 Å². The van der Waals surface area contributed by atoms with Gasteiger partial charge in [0.05, 0.1) is 16.6 Å². The molecule has 0 aromatic heterocycles. The number of nitrogens with one attached hydrogen (secondary N) is 2. The van der Waals surface area contributed by atoms with Gasteiger partial charge >= 0.3 is 0 Å². The van der Waals surface area contributed by atoms with Crippen molar-refractivity contribution in [3.63, 3.8) is 0 Å². The fourth-order valence-corrected chi connectivity index (χ4v) is 8.86. The van der Waals surface area contributed by atoms with Crippen molar-refractivity contribution in [2.24, 2.45) is 11.8 Å². The topological polar surface area (TPSA) is 98.7 Å². The number of unbranched alkanes of at least 4 members (excludes halogenated alkanes) is 2. The van der Waals surface area contributed by atoms with Crippen LogP contribution in [-0.4, -0.2) is 63.0 Å². The Hall–Kier alpha value is -2.06. The zero-order valence-electron chi connectivity index (χ0n) is 21.4. The molecular formula is C27H39N3O4S. The van der Waals surface area contributed by atoms with Crippen LogP contribution < -0.4 is 10.6 Å². The van der Waals surface area contributed by atoms with E-state index in [2.05, 4.69) is 17.6 Å². The van der Waals surface area contributed by atoms with E-state index in [1.165, 1.54) is 0 Å². The predicted molar refractivity (Wildman–Crippen MR) is 139 cm³/mol. The number of aliphatic hydroxyl groups excluding tert-OH is 1. The number of aryl methyl sites for hydroxylation is 2. The van der Waals surface area contributed by atoms with Gasteiger partial charge in [-0.05, 0) is 70.4 Å². The first-order valence-corrected chi connectivity index (χ1v) is 13.8. The molecule has 0 radical (unpaired) electrons. The molecular weight excluding hydrogens is 462 g/mol. The summed E-state index contributed by atoms with van der Waals surface area (Å²) in [6.45, 7) is 9.23. The van der Waals surface area contributed by atoms with Crippen LogP contribution in [0.2, 0.25) is 0 Å². The largest absolute Gasteiger partial charge is 0.396 e. The Bertz CT molecular complexity index is 980. The van der Waals surface area contributed by atoms with Gasteiger partial charge in [0.1, 0.15) is 6.04 Å². The highest BCUT2D eigenvalue weighted by molar-refractivity contribution is 8.02. The number of nitrogens with zero attached hydrogens (tertiary/aromatic N) is 1. The number of anilines is 1. The van der Waals surface area contributed by atoms with Crippen molar-refractivity contribution in [2.75, 3.05) is 25.0 Å². The first kappa shape index (κ1) is 26.0. The van der Waals surface area contributed by atoms with Gasteiger partial charge in [-0.1, -0.05) is 25.1 Å². The number of aliphatic hydroxyl groups is 1. The molecule has 2 unspecified atom stereocenters. The number of amides is 3. The van der Waals surface area contributed by atoms with Gasteiger partial charge in [-0.25, -0.2) is 0 Å². The first-order valence-electron chi connectivity index (χ1n) is 13.0. The molecule has 3 heterocycles. The number of hydrogen-bond acceptors (Lipinski definition) is 5. The SMILES string of the molecule is CCCNC(=O)[C@@H]1[C@H]2C(=O)N(CCCCCO)C(C(=O)Nc3c(C)cccc3C)C23CC[C@@]1(C)S3. The lowest BCUT2D eigenvalue weighted by molar-refractivity contribution is -0.140. The average Bonchev–Trinajstić information content (AvgIpc) is 3.38. The Morgan fingerprint density at radius 1 is 1.14 bits per heavy atom. The molecule has 8 heteroatoms. The minimum absolute atomic E-state index is 0.0576. The summed E-state index contributed by atoms with van der Waals surface area (Å²) < 4.78 is -0.948. The Morgan fingerprint density at radius 2 is 1.86 bits per heavy atom. The predicted octanol–water partition coefficient (Wildman–Crippen LogP) is 3.41. The maximum Gasteiger partial charge on any atom is 0.248 e. The van der Waals surface area contributed by atoms with Gasteiger partial charge in [0.25, 0.3) is 0 Å². The van der Waals surface area contributed by atoms with Crippen molar-refractivity contribution >= 4 is 35.2 Å². The zero-order valence-corrected chi connectivity index (χ0v) is 22.2. The second kappa shape index (κ2) is 10.1.